The van der Waals surface area contributed by atoms with E-state index in [0.717, 1.165) is 27.0 Å². The molecule has 1 aromatic carbocycles. The van der Waals surface area contributed by atoms with Crippen LogP contribution in [0.15, 0.2) is 60.9 Å². The molecule has 0 spiro atoms. The lowest BCUT2D eigenvalue weighted by molar-refractivity contribution is 0.102. The molecular formula is C24H16N6O2S. The van der Waals surface area contributed by atoms with Crippen molar-refractivity contribution in [1.82, 2.24) is 30.1 Å². The van der Waals surface area contributed by atoms with Crippen molar-refractivity contribution in [3.63, 3.8) is 0 Å². The Morgan fingerprint density at radius 1 is 1.00 bits per heavy atom. The van der Waals surface area contributed by atoms with Crippen LogP contribution in [0.5, 0.6) is 5.75 Å². The molecule has 0 fully saturated rings. The van der Waals surface area contributed by atoms with E-state index in [1.807, 2.05) is 42.5 Å². The SMILES string of the molecule is CC(=O)c1ccc(-c2cccc3[nH]c(-c4n[nH]c5ccc(-c6cncc(O)c6)nc45)nc23)s1. The Kier molecular flexibility index (Phi) is 4.30. The molecule has 0 aliphatic heterocycles. The topological polar surface area (TPSA) is 120 Å². The van der Waals surface area contributed by atoms with Crippen molar-refractivity contribution in [3.8, 4) is 39.0 Å². The van der Waals surface area contributed by atoms with Gasteiger partial charge in [-0.3, -0.25) is 14.9 Å². The van der Waals surface area contributed by atoms with Gasteiger partial charge < -0.3 is 10.1 Å². The van der Waals surface area contributed by atoms with Crippen LogP contribution < -0.4 is 0 Å². The monoisotopic (exact) mass is 452 g/mol. The van der Waals surface area contributed by atoms with Crippen LogP contribution >= 0.6 is 11.3 Å². The number of carbonyl (C=O) groups is 1. The van der Waals surface area contributed by atoms with E-state index in [0.29, 0.717) is 33.2 Å². The van der Waals surface area contributed by atoms with Crippen LogP contribution in [0.2, 0.25) is 0 Å². The van der Waals surface area contributed by atoms with Crippen LogP contribution in [-0.4, -0.2) is 41.0 Å². The van der Waals surface area contributed by atoms with Crippen LogP contribution in [0.3, 0.4) is 0 Å². The van der Waals surface area contributed by atoms with Crippen molar-refractivity contribution in [1.29, 1.82) is 0 Å². The molecule has 0 saturated heterocycles. The molecule has 0 aliphatic rings. The van der Waals surface area contributed by atoms with Crippen LogP contribution in [0.25, 0.3) is 55.3 Å². The van der Waals surface area contributed by atoms with Gasteiger partial charge >= 0.3 is 0 Å². The lowest BCUT2D eigenvalue weighted by Gasteiger charge is -2.01. The minimum absolute atomic E-state index is 0.0490. The maximum absolute atomic E-state index is 11.7. The van der Waals surface area contributed by atoms with Crippen LogP contribution in [-0.2, 0) is 0 Å². The van der Waals surface area contributed by atoms with E-state index >= 15 is 0 Å². The van der Waals surface area contributed by atoms with E-state index < -0.39 is 0 Å². The van der Waals surface area contributed by atoms with Gasteiger partial charge in [-0.05, 0) is 43.3 Å². The fraction of sp³-hybridized carbons (Fsp3) is 0.0417. The molecule has 5 heterocycles. The molecule has 33 heavy (non-hydrogen) atoms. The van der Waals surface area contributed by atoms with Crippen molar-refractivity contribution >= 4 is 39.2 Å². The summed E-state index contributed by atoms with van der Waals surface area (Å²) in [6, 6.07) is 15.1. The van der Waals surface area contributed by atoms with Gasteiger partial charge in [0.2, 0.25) is 0 Å². The summed E-state index contributed by atoms with van der Waals surface area (Å²) >= 11 is 1.46. The molecule has 0 radical (unpaired) electrons. The lowest BCUT2D eigenvalue weighted by Crippen LogP contribution is -1.87. The van der Waals surface area contributed by atoms with Crippen LogP contribution in [0.4, 0.5) is 0 Å². The van der Waals surface area contributed by atoms with Crippen LogP contribution in [0, 0.1) is 0 Å². The van der Waals surface area contributed by atoms with Gasteiger partial charge in [0.25, 0.3) is 0 Å². The zero-order chi connectivity index (χ0) is 22.5. The number of thiophene rings is 1. The first-order chi connectivity index (χ1) is 16.1. The van der Waals surface area contributed by atoms with Gasteiger partial charge in [0.1, 0.15) is 11.3 Å². The summed E-state index contributed by atoms with van der Waals surface area (Å²) in [7, 11) is 0. The molecule has 8 nitrogen and oxygen atoms in total. The number of nitrogens with one attached hydrogen (secondary N) is 2. The number of ketones is 1. The Balaban J connectivity index is 1.48. The Bertz CT molecular complexity index is 1680. The third-order valence-corrected chi connectivity index (χ3v) is 6.60. The van der Waals surface area contributed by atoms with Gasteiger partial charge in [0.15, 0.2) is 17.3 Å². The lowest BCUT2D eigenvalue weighted by atomic mass is 10.1. The Morgan fingerprint density at radius 2 is 1.91 bits per heavy atom. The summed E-state index contributed by atoms with van der Waals surface area (Å²) in [5.74, 6) is 0.715. The second-order valence-electron chi connectivity index (χ2n) is 7.60. The van der Waals surface area contributed by atoms with E-state index in [-0.39, 0.29) is 11.5 Å². The molecule has 9 heteroatoms. The average Bonchev–Trinajstić information content (AvgIpc) is 3.55. The number of para-hydroxylation sites is 1. The molecule has 0 amide bonds. The molecule has 0 bridgehead atoms. The average molecular weight is 452 g/mol. The number of Topliss-reactive ketones (excluding diaryl/α,β-unsaturated/α-hetero) is 1. The number of hydrogen-bond acceptors (Lipinski definition) is 7. The Morgan fingerprint density at radius 3 is 2.73 bits per heavy atom. The van der Waals surface area contributed by atoms with Crippen molar-refractivity contribution in [2.45, 2.75) is 6.92 Å². The highest BCUT2D eigenvalue weighted by atomic mass is 32.1. The third-order valence-electron chi connectivity index (χ3n) is 5.38. The van der Waals surface area contributed by atoms with Gasteiger partial charge in [-0.25, -0.2) is 9.97 Å². The number of aromatic amines is 2. The first kappa shape index (κ1) is 19.3. The number of H-pyrrole nitrogens is 2. The summed E-state index contributed by atoms with van der Waals surface area (Å²) in [5, 5.41) is 17.2. The molecule has 0 saturated carbocycles. The Labute approximate surface area is 191 Å². The normalized spacial score (nSPS) is 11.4. The molecule has 0 aliphatic carbocycles. The minimum atomic E-state index is 0.0490. The fourth-order valence-electron chi connectivity index (χ4n) is 3.81. The van der Waals surface area contributed by atoms with Crippen molar-refractivity contribution in [2.75, 3.05) is 0 Å². The van der Waals surface area contributed by atoms with Crippen molar-refractivity contribution in [3.05, 3.63) is 65.8 Å². The molecule has 6 rings (SSSR count). The molecule has 6 aromatic rings. The second-order valence-corrected chi connectivity index (χ2v) is 8.69. The highest BCUT2D eigenvalue weighted by Crippen LogP contribution is 2.35. The van der Waals surface area contributed by atoms with Gasteiger partial charge in [-0.1, -0.05) is 12.1 Å². The predicted octanol–water partition coefficient (Wildman–Crippen LogP) is 5.20. The van der Waals surface area contributed by atoms with E-state index in [9.17, 15) is 9.90 Å². The first-order valence-corrected chi connectivity index (χ1v) is 11.0. The molecule has 0 unspecified atom stereocenters. The van der Waals surface area contributed by atoms with E-state index in [1.165, 1.54) is 17.5 Å². The van der Waals surface area contributed by atoms with Gasteiger partial charge in [-0.2, -0.15) is 5.10 Å². The Hall–Kier alpha value is -4.37. The number of imidazole rings is 1. The number of hydrogen-bond donors (Lipinski definition) is 3. The van der Waals surface area contributed by atoms with Gasteiger partial charge in [0.05, 0.1) is 33.3 Å². The first-order valence-electron chi connectivity index (χ1n) is 10.2. The second kappa shape index (κ2) is 7.35. The van der Waals surface area contributed by atoms with Crippen molar-refractivity contribution < 1.29 is 9.90 Å². The molecular weight excluding hydrogens is 436 g/mol. The maximum Gasteiger partial charge on any atom is 0.169 e. The maximum atomic E-state index is 11.7. The summed E-state index contributed by atoms with van der Waals surface area (Å²) in [5.41, 5.74) is 6.01. The molecule has 5 aromatic heterocycles. The summed E-state index contributed by atoms with van der Waals surface area (Å²) < 4.78 is 0. The smallest absolute Gasteiger partial charge is 0.169 e. The summed E-state index contributed by atoms with van der Waals surface area (Å²) in [6.45, 7) is 1.57. The van der Waals surface area contributed by atoms with Crippen LogP contribution in [0.1, 0.15) is 16.6 Å². The highest BCUT2D eigenvalue weighted by molar-refractivity contribution is 7.17. The number of rotatable bonds is 4. The third kappa shape index (κ3) is 3.26. The van der Waals surface area contributed by atoms with E-state index in [1.54, 1.807) is 19.2 Å². The van der Waals surface area contributed by atoms with Gasteiger partial charge in [-0.15, -0.1) is 11.3 Å². The standard InChI is InChI=1S/C24H16N6O2S/c1-12(31)19-7-8-20(33-19)15-3-2-4-17-21(15)28-24(27-17)23-22-18(29-30-23)6-5-16(26-22)13-9-14(32)11-25-10-13/h2-11,32H,1H3,(H,27,28)(H,29,30). The summed E-state index contributed by atoms with van der Waals surface area (Å²) in [6.07, 6.45) is 3.03. The summed E-state index contributed by atoms with van der Waals surface area (Å²) in [4.78, 5) is 30.4. The zero-order valence-electron chi connectivity index (χ0n) is 17.3. The van der Waals surface area contributed by atoms with Gasteiger partial charge in [0, 0.05) is 22.2 Å². The number of pyridine rings is 2. The molecule has 3 N–H and O–H groups in total. The molecule has 160 valence electrons. The highest BCUT2D eigenvalue weighted by Gasteiger charge is 2.18. The zero-order valence-corrected chi connectivity index (χ0v) is 18.1. The number of aromatic hydroxyl groups is 1. The number of benzene rings is 1. The number of nitrogens with zero attached hydrogens (tertiary/aromatic N) is 4. The largest absolute Gasteiger partial charge is 0.506 e. The quantitative estimate of drug-likeness (QED) is 0.316. The van der Waals surface area contributed by atoms with Crippen molar-refractivity contribution in [2.24, 2.45) is 0 Å². The number of carbonyl (C=O) groups excluding carboxylic acids is 1. The predicted molar refractivity (Wildman–Crippen MR) is 127 cm³/mol. The number of aromatic nitrogens is 6. The van der Waals surface area contributed by atoms with E-state index in [2.05, 4.69) is 20.2 Å². The fourth-order valence-corrected chi connectivity index (χ4v) is 4.74. The van der Waals surface area contributed by atoms with E-state index in [4.69, 9.17) is 9.97 Å². The minimum Gasteiger partial charge on any atom is -0.506 e. The molecule has 0 atom stereocenters. The number of fused-ring (bicyclic) bond motifs is 2.